The molecule has 0 saturated heterocycles. The fourth-order valence-corrected chi connectivity index (χ4v) is 2.39. The van der Waals surface area contributed by atoms with Crippen LogP contribution in [0.4, 0.5) is 5.69 Å². The highest BCUT2D eigenvalue weighted by Crippen LogP contribution is 2.30. The molecule has 0 aliphatic carbocycles. The van der Waals surface area contributed by atoms with Gasteiger partial charge < -0.3 is 14.8 Å². The van der Waals surface area contributed by atoms with Crippen LogP contribution in [0, 0.1) is 6.92 Å². The summed E-state index contributed by atoms with van der Waals surface area (Å²) in [6, 6.07) is 3.40. The summed E-state index contributed by atoms with van der Waals surface area (Å²) in [5.74, 6) is 0.240. The number of hydrogen-bond donors (Lipinski definition) is 1. The Morgan fingerprint density at radius 3 is 2.59 bits per heavy atom. The van der Waals surface area contributed by atoms with E-state index >= 15 is 0 Å². The minimum absolute atomic E-state index is 0.141. The molecule has 122 valence electrons. The first-order chi connectivity index (χ1) is 10.3. The molecule has 0 heterocycles. The number of hydrogen-bond acceptors (Lipinski definition) is 5. The van der Waals surface area contributed by atoms with Crippen LogP contribution in [0.25, 0.3) is 0 Å². The van der Waals surface area contributed by atoms with E-state index in [1.807, 2.05) is 6.92 Å². The van der Waals surface area contributed by atoms with Crippen LogP contribution in [-0.2, 0) is 14.3 Å². The lowest BCUT2D eigenvalue weighted by Gasteiger charge is -2.12. The van der Waals surface area contributed by atoms with Gasteiger partial charge in [0.05, 0.1) is 30.4 Å². The highest BCUT2D eigenvalue weighted by Gasteiger charge is 2.12. The van der Waals surface area contributed by atoms with Crippen molar-refractivity contribution in [2.24, 2.45) is 0 Å². The van der Waals surface area contributed by atoms with E-state index in [9.17, 15) is 9.59 Å². The molecule has 1 rings (SSSR count). The average Bonchev–Trinajstić information content (AvgIpc) is 2.41. The van der Waals surface area contributed by atoms with Gasteiger partial charge in [0.15, 0.2) is 0 Å². The summed E-state index contributed by atoms with van der Waals surface area (Å²) in [6.45, 7) is 5.41. The molecule has 0 aliphatic rings. The van der Waals surface area contributed by atoms with Crippen molar-refractivity contribution in [3.63, 3.8) is 0 Å². The van der Waals surface area contributed by atoms with Gasteiger partial charge in [0.1, 0.15) is 5.75 Å². The SMILES string of the molecule is COc1cc(Cl)c(C)cc1NC(=O)CSCC(=O)OC(C)C. The van der Waals surface area contributed by atoms with Crippen LogP contribution in [0.15, 0.2) is 12.1 Å². The highest BCUT2D eigenvalue weighted by molar-refractivity contribution is 8.00. The standard InChI is InChI=1S/C15H20ClNO4S/c1-9(2)21-15(19)8-22-7-14(18)17-12-5-10(3)11(16)6-13(12)20-4/h5-6,9H,7-8H2,1-4H3,(H,17,18). The van der Waals surface area contributed by atoms with Crippen molar-refractivity contribution >= 4 is 40.9 Å². The molecule has 0 saturated carbocycles. The zero-order valence-corrected chi connectivity index (χ0v) is 14.6. The largest absolute Gasteiger partial charge is 0.495 e. The maximum atomic E-state index is 11.9. The van der Waals surface area contributed by atoms with Gasteiger partial charge in [-0.1, -0.05) is 11.6 Å². The van der Waals surface area contributed by atoms with Crippen molar-refractivity contribution in [2.45, 2.75) is 26.9 Å². The van der Waals surface area contributed by atoms with Crippen LogP contribution in [-0.4, -0.2) is 36.6 Å². The van der Waals surface area contributed by atoms with Gasteiger partial charge in [0.2, 0.25) is 5.91 Å². The molecule has 5 nitrogen and oxygen atoms in total. The van der Waals surface area contributed by atoms with Gasteiger partial charge in [-0.2, -0.15) is 0 Å². The fraction of sp³-hybridized carbons (Fsp3) is 0.467. The zero-order chi connectivity index (χ0) is 16.7. The summed E-state index contributed by atoms with van der Waals surface area (Å²) in [5, 5.41) is 3.32. The summed E-state index contributed by atoms with van der Waals surface area (Å²) in [6.07, 6.45) is -0.150. The molecule has 0 aliphatic heterocycles. The molecule has 0 aromatic heterocycles. The second kappa shape index (κ2) is 8.90. The first-order valence-corrected chi connectivity index (χ1v) is 8.28. The monoisotopic (exact) mass is 345 g/mol. The van der Waals surface area contributed by atoms with Crippen molar-refractivity contribution in [2.75, 3.05) is 23.9 Å². The Morgan fingerprint density at radius 1 is 1.32 bits per heavy atom. The van der Waals surface area contributed by atoms with Gasteiger partial charge >= 0.3 is 5.97 Å². The lowest BCUT2D eigenvalue weighted by Crippen LogP contribution is -2.18. The number of thioether (sulfide) groups is 1. The summed E-state index contributed by atoms with van der Waals surface area (Å²) in [7, 11) is 1.51. The predicted molar refractivity (Wildman–Crippen MR) is 89.9 cm³/mol. The summed E-state index contributed by atoms with van der Waals surface area (Å²) >= 11 is 7.21. The molecule has 0 bridgehead atoms. The molecule has 22 heavy (non-hydrogen) atoms. The van der Waals surface area contributed by atoms with E-state index in [1.165, 1.54) is 18.9 Å². The molecule has 0 fully saturated rings. The molecule has 0 radical (unpaired) electrons. The molecule has 0 spiro atoms. The zero-order valence-electron chi connectivity index (χ0n) is 13.1. The number of carbonyl (C=O) groups is 2. The van der Waals surface area contributed by atoms with Crippen molar-refractivity contribution in [3.05, 3.63) is 22.7 Å². The van der Waals surface area contributed by atoms with Crippen LogP contribution < -0.4 is 10.1 Å². The molecule has 0 unspecified atom stereocenters. The molecule has 1 aromatic carbocycles. The van der Waals surface area contributed by atoms with E-state index in [2.05, 4.69) is 5.32 Å². The average molecular weight is 346 g/mol. The molecule has 0 atom stereocenters. The van der Waals surface area contributed by atoms with Crippen molar-refractivity contribution in [3.8, 4) is 5.75 Å². The van der Waals surface area contributed by atoms with Gasteiger partial charge in [-0.15, -0.1) is 11.8 Å². The quantitative estimate of drug-likeness (QED) is 0.768. The normalized spacial score (nSPS) is 10.5. The molecular weight excluding hydrogens is 326 g/mol. The van der Waals surface area contributed by atoms with Crippen LogP contribution in [0.1, 0.15) is 19.4 Å². The number of carbonyl (C=O) groups excluding carboxylic acids is 2. The highest BCUT2D eigenvalue weighted by atomic mass is 35.5. The predicted octanol–water partition coefficient (Wildman–Crippen LogP) is 3.28. The number of nitrogens with one attached hydrogen (secondary N) is 1. The molecule has 1 N–H and O–H groups in total. The van der Waals surface area contributed by atoms with E-state index in [4.69, 9.17) is 21.1 Å². The minimum Gasteiger partial charge on any atom is -0.495 e. The summed E-state index contributed by atoms with van der Waals surface area (Å²) in [5.41, 5.74) is 1.39. The number of benzene rings is 1. The molecule has 1 amide bonds. The second-order valence-corrected chi connectivity index (χ2v) is 6.27. The smallest absolute Gasteiger partial charge is 0.316 e. The Morgan fingerprint density at radius 2 is 2.00 bits per heavy atom. The Balaban J connectivity index is 2.52. The summed E-state index contributed by atoms with van der Waals surface area (Å²) < 4.78 is 10.2. The number of anilines is 1. The lowest BCUT2D eigenvalue weighted by atomic mass is 10.2. The third-order valence-electron chi connectivity index (χ3n) is 2.58. The number of methoxy groups -OCH3 is 1. The third kappa shape index (κ3) is 6.15. The molecule has 7 heteroatoms. The number of esters is 1. The van der Waals surface area contributed by atoms with E-state index in [0.717, 1.165) is 5.56 Å². The Bertz CT molecular complexity index is 549. The Labute approximate surface area is 139 Å². The number of aryl methyl sites for hydroxylation is 1. The third-order valence-corrected chi connectivity index (χ3v) is 3.89. The van der Waals surface area contributed by atoms with E-state index in [-0.39, 0.29) is 29.5 Å². The van der Waals surface area contributed by atoms with Crippen LogP contribution >= 0.6 is 23.4 Å². The second-order valence-electron chi connectivity index (χ2n) is 4.88. The lowest BCUT2D eigenvalue weighted by molar-refractivity contribution is -0.144. The Kier molecular flexibility index (Phi) is 7.55. The maximum Gasteiger partial charge on any atom is 0.316 e. The van der Waals surface area contributed by atoms with Gasteiger partial charge in [-0.05, 0) is 32.4 Å². The molecular formula is C15H20ClNO4S. The number of halogens is 1. The number of amides is 1. The van der Waals surface area contributed by atoms with Gasteiger partial charge in [-0.25, -0.2) is 0 Å². The number of rotatable bonds is 7. The first kappa shape index (κ1) is 18.6. The van der Waals surface area contributed by atoms with Crippen LogP contribution in [0.2, 0.25) is 5.02 Å². The summed E-state index contributed by atoms with van der Waals surface area (Å²) in [4.78, 5) is 23.3. The molecule has 1 aromatic rings. The van der Waals surface area contributed by atoms with E-state index in [0.29, 0.717) is 16.5 Å². The van der Waals surface area contributed by atoms with Crippen molar-refractivity contribution in [1.82, 2.24) is 0 Å². The first-order valence-electron chi connectivity index (χ1n) is 6.74. The van der Waals surface area contributed by atoms with Crippen molar-refractivity contribution in [1.29, 1.82) is 0 Å². The van der Waals surface area contributed by atoms with Gasteiger partial charge in [-0.3, -0.25) is 9.59 Å². The van der Waals surface area contributed by atoms with Crippen LogP contribution in [0.5, 0.6) is 5.75 Å². The topological polar surface area (TPSA) is 64.6 Å². The van der Waals surface area contributed by atoms with Gasteiger partial charge in [0, 0.05) is 11.1 Å². The van der Waals surface area contributed by atoms with Crippen molar-refractivity contribution < 1.29 is 19.1 Å². The fourth-order valence-electron chi connectivity index (χ4n) is 1.64. The van der Waals surface area contributed by atoms with E-state index in [1.54, 1.807) is 26.0 Å². The van der Waals surface area contributed by atoms with E-state index < -0.39 is 0 Å². The van der Waals surface area contributed by atoms with Crippen LogP contribution in [0.3, 0.4) is 0 Å². The minimum atomic E-state index is -0.326. The number of ether oxygens (including phenoxy) is 2. The Hall–Kier alpha value is -1.40. The maximum absolute atomic E-state index is 11.9. The van der Waals surface area contributed by atoms with Gasteiger partial charge in [0.25, 0.3) is 0 Å².